The van der Waals surface area contributed by atoms with E-state index in [0.717, 1.165) is 0 Å². The summed E-state index contributed by atoms with van der Waals surface area (Å²) >= 11 is 12.2. The van der Waals surface area contributed by atoms with Crippen LogP contribution in [0.25, 0.3) is 0 Å². The van der Waals surface area contributed by atoms with E-state index in [2.05, 4.69) is 5.32 Å². The van der Waals surface area contributed by atoms with Crippen LogP contribution in [-0.2, 0) is 14.3 Å². The Labute approximate surface area is 191 Å². The molecule has 0 spiro atoms. The molecule has 166 valence electrons. The molecule has 0 radical (unpaired) electrons. The summed E-state index contributed by atoms with van der Waals surface area (Å²) in [4.78, 5) is 38.6. The zero-order valence-electron chi connectivity index (χ0n) is 17.9. The maximum absolute atomic E-state index is 12.7. The van der Waals surface area contributed by atoms with Gasteiger partial charge in [0.05, 0.1) is 22.7 Å². The summed E-state index contributed by atoms with van der Waals surface area (Å²) in [6.07, 6.45) is -0.704. The van der Waals surface area contributed by atoms with E-state index in [9.17, 15) is 14.4 Å². The van der Waals surface area contributed by atoms with Gasteiger partial charge in [-0.1, -0.05) is 29.3 Å². The molecule has 2 aromatic carbocycles. The van der Waals surface area contributed by atoms with Crippen molar-refractivity contribution in [2.24, 2.45) is 0 Å². The van der Waals surface area contributed by atoms with Crippen LogP contribution in [0.1, 0.15) is 38.1 Å². The fraction of sp³-hybridized carbons (Fsp3) is 0.318. The Hall–Kier alpha value is -2.77. The maximum atomic E-state index is 12.7. The second kappa shape index (κ2) is 10.0. The lowest BCUT2D eigenvalue weighted by atomic mass is 10.2. The van der Waals surface area contributed by atoms with Gasteiger partial charge in [0.25, 0.3) is 5.91 Å². The van der Waals surface area contributed by atoms with Crippen LogP contribution in [0, 0.1) is 0 Å². The third kappa shape index (κ3) is 6.35. The number of hydrogen-bond donors (Lipinski definition) is 1. The molecular weight excluding hydrogens is 443 g/mol. The van der Waals surface area contributed by atoms with Crippen LogP contribution >= 0.6 is 23.2 Å². The largest absolute Gasteiger partial charge is 0.467 e. The number of amides is 2. The number of nitrogens with zero attached hydrogens (tertiary/aromatic N) is 1. The van der Waals surface area contributed by atoms with Crippen molar-refractivity contribution < 1.29 is 23.9 Å². The van der Waals surface area contributed by atoms with Crippen LogP contribution in [0.3, 0.4) is 0 Å². The molecular formula is C22H24Cl2N2O5. The molecule has 0 bridgehead atoms. The molecule has 0 aliphatic rings. The first-order valence-electron chi connectivity index (χ1n) is 9.40. The highest BCUT2D eigenvalue weighted by atomic mass is 35.5. The molecule has 1 N–H and O–H groups in total. The summed E-state index contributed by atoms with van der Waals surface area (Å²) in [5.41, 5.74) is 0.234. The standard InChI is InChI=1S/C22H24Cl2N2O5/c1-13(20(28)30-5)26(21(29)31-22(2,3)4)15-11-9-14(10-12-15)25-19(27)18-16(23)7-6-8-17(18)24/h6-13H,1-5H3,(H,25,27)/t13-/m0/s1. The highest BCUT2D eigenvalue weighted by Gasteiger charge is 2.32. The Balaban J connectivity index is 2.29. The zero-order valence-corrected chi connectivity index (χ0v) is 19.4. The fourth-order valence-electron chi connectivity index (χ4n) is 2.69. The zero-order chi connectivity index (χ0) is 23.3. The van der Waals surface area contributed by atoms with Crippen molar-refractivity contribution in [2.75, 3.05) is 17.3 Å². The number of carbonyl (C=O) groups is 3. The molecule has 0 saturated heterocycles. The molecule has 0 saturated carbocycles. The number of carbonyl (C=O) groups excluding carboxylic acids is 3. The number of methoxy groups -OCH3 is 1. The van der Waals surface area contributed by atoms with E-state index in [-0.39, 0.29) is 15.6 Å². The third-order valence-corrected chi connectivity index (χ3v) is 4.74. The Kier molecular flexibility index (Phi) is 7.92. The lowest BCUT2D eigenvalue weighted by Gasteiger charge is -2.30. The minimum absolute atomic E-state index is 0.157. The van der Waals surface area contributed by atoms with Gasteiger partial charge in [-0.3, -0.25) is 9.69 Å². The van der Waals surface area contributed by atoms with Gasteiger partial charge in [-0.2, -0.15) is 0 Å². The summed E-state index contributed by atoms with van der Waals surface area (Å²) in [6, 6.07) is 10.2. The number of rotatable bonds is 5. The number of halogens is 2. The van der Waals surface area contributed by atoms with Crippen LogP contribution in [0.15, 0.2) is 42.5 Å². The molecule has 1 atom stereocenters. The molecule has 2 rings (SSSR count). The van der Waals surface area contributed by atoms with Gasteiger partial charge in [-0.25, -0.2) is 9.59 Å². The van der Waals surface area contributed by atoms with Gasteiger partial charge in [0.1, 0.15) is 11.6 Å². The molecule has 0 unspecified atom stereocenters. The van der Waals surface area contributed by atoms with Gasteiger partial charge in [0, 0.05) is 11.4 Å². The number of esters is 1. The predicted molar refractivity (Wildman–Crippen MR) is 121 cm³/mol. The van der Waals surface area contributed by atoms with Crippen molar-refractivity contribution in [3.8, 4) is 0 Å². The third-order valence-electron chi connectivity index (χ3n) is 4.11. The summed E-state index contributed by atoms with van der Waals surface area (Å²) < 4.78 is 10.2. The minimum atomic E-state index is -0.928. The highest BCUT2D eigenvalue weighted by Crippen LogP contribution is 2.27. The first-order valence-corrected chi connectivity index (χ1v) is 10.2. The van der Waals surface area contributed by atoms with Gasteiger partial charge in [0.2, 0.25) is 0 Å². The first-order chi connectivity index (χ1) is 14.4. The molecule has 0 aliphatic heterocycles. The second-order valence-electron chi connectivity index (χ2n) is 7.65. The summed E-state index contributed by atoms with van der Waals surface area (Å²) in [6.45, 7) is 6.71. The Morgan fingerprint density at radius 1 is 1.00 bits per heavy atom. The topological polar surface area (TPSA) is 84.9 Å². The van der Waals surface area contributed by atoms with Crippen LogP contribution in [0.4, 0.5) is 16.2 Å². The van der Waals surface area contributed by atoms with Gasteiger partial charge in [-0.05, 0) is 64.1 Å². The molecule has 31 heavy (non-hydrogen) atoms. The van der Waals surface area contributed by atoms with Gasteiger partial charge >= 0.3 is 12.1 Å². The maximum Gasteiger partial charge on any atom is 0.415 e. The van der Waals surface area contributed by atoms with E-state index < -0.39 is 29.6 Å². The van der Waals surface area contributed by atoms with Crippen LogP contribution in [0.2, 0.25) is 10.0 Å². The van der Waals surface area contributed by atoms with Crippen molar-refractivity contribution in [3.63, 3.8) is 0 Å². The summed E-state index contributed by atoms with van der Waals surface area (Å²) in [7, 11) is 1.24. The van der Waals surface area contributed by atoms with E-state index in [1.807, 2.05) is 0 Å². The number of ether oxygens (including phenoxy) is 2. The van der Waals surface area contributed by atoms with E-state index in [4.69, 9.17) is 32.7 Å². The predicted octanol–water partition coefficient (Wildman–Crippen LogP) is 5.55. The number of hydrogen-bond acceptors (Lipinski definition) is 5. The second-order valence-corrected chi connectivity index (χ2v) is 8.46. The molecule has 2 amide bonds. The SMILES string of the molecule is COC(=O)[C@H](C)N(C(=O)OC(C)(C)C)c1ccc(NC(=O)c2c(Cl)cccc2Cl)cc1. The number of anilines is 2. The lowest BCUT2D eigenvalue weighted by Crippen LogP contribution is -2.46. The molecule has 7 nitrogen and oxygen atoms in total. The van der Waals surface area contributed by atoms with Crippen LogP contribution in [0.5, 0.6) is 0 Å². The average molecular weight is 467 g/mol. The van der Waals surface area contributed by atoms with Crippen molar-refractivity contribution in [3.05, 3.63) is 58.1 Å². The first kappa shape index (κ1) is 24.5. The quantitative estimate of drug-likeness (QED) is 0.583. The molecule has 0 aliphatic carbocycles. The van der Waals surface area contributed by atoms with E-state index >= 15 is 0 Å². The van der Waals surface area contributed by atoms with Gasteiger partial charge in [-0.15, -0.1) is 0 Å². The summed E-state index contributed by atoms with van der Waals surface area (Å²) in [5, 5.41) is 3.16. The Bertz CT molecular complexity index is 951. The van der Waals surface area contributed by atoms with Gasteiger partial charge in [0.15, 0.2) is 0 Å². The lowest BCUT2D eigenvalue weighted by molar-refractivity contribution is -0.141. The minimum Gasteiger partial charge on any atom is -0.467 e. The summed E-state index contributed by atoms with van der Waals surface area (Å²) in [5.74, 6) is -1.08. The van der Waals surface area contributed by atoms with Crippen molar-refractivity contribution in [1.29, 1.82) is 0 Å². The molecule has 2 aromatic rings. The average Bonchev–Trinajstić information content (AvgIpc) is 2.67. The van der Waals surface area contributed by atoms with Crippen molar-refractivity contribution in [2.45, 2.75) is 39.3 Å². The van der Waals surface area contributed by atoms with E-state index in [1.54, 1.807) is 63.2 Å². The van der Waals surface area contributed by atoms with Crippen molar-refractivity contribution in [1.82, 2.24) is 0 Å². The van der Waals surface area contributed by atoms with E-state index in [1.165, 1.54) is 18.9 Å². The normalized spacial score (nSPS) is 12.0. The highest BCUT2D eigenvalue weighted by molar-refractivity contribution is 6.40. The van der Waals surface area contributed by atoms with E-state index in [0.29, 0.717) is 11.4 Å². The molecule has 0 aromatic heterocycles. The fourth-order valence-corrected chi connectivity index (χ4v) is 3.26. The molecule has 9 heteroatoms. The molecule has 0 fully saturated rings. The van der Waals surface area contributed by atoms with Crippen LogP contribution < -0.4 is 10.2 Å². The molecule has 0 heterocycles. The Morgan fingerprint density at radius 3 is 2.03 bits per heavy atom. The van der Waals surface area contributed by atoms with Gasteiger partial charge < -0.3 is 14.8 Å². The van der Waals surface area contributed by atoms with Crippen LogP contribution in [-0.4, -0.2) is 36.7 Å². The number of nitrogens with one attached hydrogen (secondary N) is 1. The Morgan fingerprint density at radius 2 is 1.55 bits per heavy atom. The monoisotopic (exact) mass is 466 g/mol. The smallest absolute Gasteiger partial charge is 0.415 e. The van der Waals surface area contributed by atoms with Crippen molar-refractivity contribution >= 4 is 52.5 Å². The number of benzene rings is 2.